The van der Waals surface area contributed by atoms with Gasteiger partial charge < -0.3 is 19.9 Å². The molecule has 0 unspecified atom stereocenters. The third kappa shape index (κ3) is 3.57. The topological polar surface area (TPSA) is 85.1 Å². The molecule has 3 aromatic rings. The van der Waals surface area contributed by atoms with E-state index in [1.807, 2.05) is 40.2 Å². The number of imidazole rings is 1. The molecule has 7 nitrogen and oxygen atoms in total. The Morgan fingerprint density at radius 1 is 1.42 bits per heavy atom. The van der Waals surface area contributed by atoms with Crippen LogP contribution in [0.2, 0.25) is 0 Å². The quantitative estimate of drug-likeness (QED) is 0.713. The van der Waals surface area contributed by atoms with Gasteiger partial charge in [0, 0.05) is 24.2 Å². The summed E-state index contributed by atoms with van der Waals surface area (Å²) in [7, 11) is 0. The second-order valence-electron chi connectivity index (χ2n) is 6.12. The Morgan fingerprint density at radius 2 is 2.27 bits per heavy atom. The van der Waals surface area contributed by atoms with Gasteiger partial charge >= 0.3 is 0 Å². The Bertz CT molecular complexity index is 861. The van der Waals surface area contributed by atoms with Crippen LogP contribution < -0.4 is 10.1 Å². The van der Waals surface area contributed by atoms with Crippen molar-refractivity contribution < 1.29 is 19.4 Å². The average Bonchev–Trinajstić information content (AvgIpc) is 3.26. The number of aromatic nitrogens is 2. The standard InChI is InChI=1S/C18H19N3O4S/c22-10-12-1-3-13(4-2-12)25-16-5-7-24-11-15(16)19-17(23)14-9-21-6-8-26-18(21)20-14/h1-4,6,8-9,15-16,22H,5,7,10-11H2,(H,19,23)/t15-,16-/m1/s1. The second-order valence-corrected chi connectivity index (χ2v) is 6.99. The molecule has 1 saturated heterocycles. The van der Waals surface area contributed by atoms with Crippen LogP contribution in [0.3, 0.4) is 0 Å². The molecule has 26 heavy (non-hydrogen) atoms. The summed E-state index contributed by atoms with van der Waals surface area (Å²) in [6, 6.07) is 7.03. The van der Waals surface area contributed by atoms with Gasteiger partial charge in [0.25, 0.3) is 5.91 Å². The van der Waals surface area contributed by atoms with Gasteiger partial charge in [-0.25, -0.2) is 4.98 Å². The third-order valence-corrected chi connectivity index (χ3v) is 5.10. The maximum absolute atomic E-state index is 12.5. The second kappa shape index (κ2) is 7.45. The van der Waals surface area contributed by atoms with Gasteiger partial charge in [0.2, 0.25) is 0 Å². The van der Waals surface area contributed by atoms with E-state index in [0.717, 1.165) is 10.5 Å². The minimum absolute atomic E-state index is 0.00165. The lowest BCUT2D eigenvalue weighted by molar-refractivity contribution is -0.00295. The zero-order chi connectivity index (χ0) is 17.9. The number of nitrogens with zero attached hydrogens (tertiary/aromatic N) is 2. The summed E-state index contributed by atoms with van der Waals surface area (Å²) >= 11 is 1.48. The molecule has 0 bridgehead atoms. The van der Waals surface area contributed by atoms with Crippen LogP contribution >= 0.6 is 11.3 Å². The molecular weight excluding hydrogens is 354 g/mol. The molecule has 1 aliphatic heterocycles. The first-order chi connectivity index (χ1) is 12.7. The number of ether oxygens (including phenoxy) is 2. The number of aliphatic hydroxyl groups excluding tert-OH is 1. The molecule has 2 N–H and O–H groups in total. The van der Waals surface area contributed by atoms with Crippen molar-refractivity contribution in [3.05, 3.63) is 53.3 Å². The number of aliphatic hydroxyl groups is 1. The van der Waals surface area contributed by atoms with Gasteiger partial charge in [-0.3, -0.25) is 9.20 Å². The van der Waals surface area contributed by atoms with E-state index in [1.165, 1.54) is 11.3 Å². The van der Waals surface area contributed by atoms with E-state index in [0.29, 0.717) is 31.1 Å². The first-order valence-electron chi connectivity index (χ1n) is 8.40. The molecule has 1 aliphatic rings. The van der Waals surface area contributed by atoms with E-state index < -0.39 is 0 Å². The zero-order valence-corrected chi connectivity index (χ0v) is 14.8. The van der Waals surface area contributed by atoms with Gasteiger partial charge in [0.15, 0.2) is 4.96 Å². The molecule has 0 radical (unpaired) electrons. The third-order valence-electron chi connectivity index (χ3n) is 4.33. The van der Waals surface area contributed by atoms with E-state index in [-0.39, 0.29) is 24.7 Å². The Morgan fingerprint density at radius 3 is 3.04 bits per heavy atom. The van der Waals surface area contributed by atoms with Crippen molar-refractivity contribution in [2.45, 2.75) is 25.2 Å². The normalized spacial score (nSPS) is 20.2. The molecule has 8 heteroatoms. The number of fused-ring (bicyclic) bond motifs is 1. The van der Waals surface area contributed by atoms with Gasteiger partial charge in [0.05, 0.1) is 25.9 Å². The zero-order valence-electron chi connectivity index (χ0n) is 14.0. The van der Waals surface area contributed by atoms with Crippen LogP contribution in [0.5, 0.6) is 5.75 Å². The van der Waals surface area contributed by atoms with Crippen LogP contribution in [-0.2, 0) is 11.3 Å². The van der Waals surface area contributed by atoms with Crippen LogP contribution in [0, 0.1) is 0 Å². The van der Waals surface area contributed by atoms with E-state index in [4.69, 9.17) is 14.6 Å². The molecular formula is C18H19N3O4S. The minimum atomic E-state index is -0.256. The number of carbonyl (C=O) groups excluding carboxylic acids is 1. The fourth-order valence-electron chi connectivity index (χ4n) is 2.92. The van der Waals surface area contributed by atoms with E-state index in [2.05, 4.69) is 10.3 Å². The fourth-order valence-corrected chi connectivity index (χ4v) is 3.62. The first kappa shape index (κ1) is 17.0. The van der Waals surface area contributed by atoms with Crippen LogP contribution in [0.1, 0.15) is 22.5 Å². The molecule has 0 spiro atoms. The summed E-state index contributed by atoms with van der Waals surface area (Å²) in [6.45, 7) is 0.984. The molecule has 2 atom stereocenters. The van der Waals surface area contributed by atoms with Gasteiger partial charge in [0.1, 0.15) is 17.5 Å². The number of thiazole rings is 1. The Kier molecular flexibility index (Phi) is 4.87. The molecule has 2 aromatic heterocycles. The summed E-state index contributed by atoms with van der Waals surface area (Å²) in [5, 5.41) is 14.0. The maximum Gasteiger partial charge on any atom is 0.271 e. The molecule has 136 valence electrons. The average molecular weight is 373 g/mol. The number of benzene rings is 1. The molecule has 0 aliphatic carbocycles. The molecule has 1 fully saturated rings. The Hall–Kier alpha value is -2.42. The Balaban J connectivity index is 1.44. The summed E-state index contributed by atoms with van der Waals surface area (Å²) in [5.41, 5.74) is 1.21. The van der Waals surface area contributed by atoms with Gasteiger partial charge in [-0.05, 0) is 17.7 Å². The molecule has 3 heterocycles. The largest absolute Gasteiger partial charge is 0.488 e. The van der Waals surface area contributed by atoms with Crippen molar-refractivity contribution in [2.24, 2.45) is 0 Å². The van der Waals surface area contributed by atoms with Crippen molar-refractivity contribution >= 4 is 22.2 Å². The minimum Gasteiger partial charge on any atom is -0.488 e. The predicted molar refractivity (Wildman–Crippen MR) is 96.5 cm³/mol. The molecule has 4 rings (SSSR count). The van der Waals surface area contributed by atoms with E-state index in [1.54, 1.807) is 6.20 Å². The number of carbonyl (C=O) groups is 1. The van der Waals surface area contributed by atoms with Gasteiger partial charge in [-0.2, -0.15) is 0 Å². The fraction of sp³-hybridized carbons (Fsp3) is 0.333. The monoisotopic (exact) mass is 373 g/mol. The van der Waals surface area contributed by atoms with Crippen molar-refractivity contribution in [1.29, 1.82) is 0 Å². The number of hydrogen-bond acceptors (Lipinski definition) is 6. The number of rotatable bonds is 5. The number of nitrogens with one attached hydrogen (secondary N) is 1. The number of amides is 1. The SMILES string of the molecule is O=C(N[C@@H]1COCC[C@H]1Oc1ccc(CO)cc1)c1cn2ccsc2n1. The molecule has 1 amide bonds. The van der Waals surface area contributed by atoms with Crippen LogP contribution in [0.15, 0.2) is 42.0 Å². The highest BCUT2D eigenvalue weighted by atomic mass is 32.1. The molecule has 0 saturated carbocycles. The van der Waals surface area contributed by atoms with E-state index in [9.17, 15) is 4.79 Å². The lowest BCUT2D eigenvalue weighted by Crippen LogP contribution is -2.51. The van der Waals surface area contributed by atoms with E-state index >= 15 is 0 Å². The lowest BCUT2D eigenvalue weighted by atomic mass is 10.1. The highest BCUT2D eigenvalue weighted by Crippen LogP contribution is 2.20. The Labute approximate surface area is 154 Å². The highest BCUT2D eigenvalue weighted by Gasteiger charge is 2.30. The number of hydrogen-bond donors (Lipinski definition) is 2. The maximum atomic E-state index is 12.5. The van der Waals surface area contributed by atoms with Gasteiger partial charge in [-0.15, -0.1) is 11.3 Å². The predicted octanol–water partition coefficient (Wildman–Crippen LogP) is 1.85. The van der Waals surface area contributed by atoms with Crippen LogP contribution in [0.4, 0.5) is 0 Å². The molecule has 1 aromatic carbocycles. The van der Waals surface area contributed by atoms with Crippen molar-refractivity contribution in [1.82, 2.24) is 14.7 Å². The smallest absolute Gasteiger partial charge is 0.271 e. The van der Waals surface area contributed by atoms with Crippen molar-refractivity contribution in [3.63, 3.8) is 0 Å². The summed E-state index contributed by atoms with van der Waals surface area (Å²) in [6.07, 6.45) is 4.09. The first-order valence-corrected chi connectivity index (χ1v) is 9.28. The van der Waals surface area contributed by atoms with Crippen molar-refractivity contribution in [2.75, 3.05) is 13.2 Å². The summed E-state index contributed by atoms with van der Waals surface area (Å²) in [4.78, 5) is 17.7. The lowest BCUT2D eigenvalue weighted by Gasteiger charge is -2.32. The van der Waals surface area contributed by atoms with Crippen LogP contribution in [0.25, 0.3) is 4.96 Å². The van der Waals surface area contributed by atoms with Crippen molar-refractivity contribution in [3.8, 4) is 5.75 Å². The highest BCUT2D eigenvalue weighted by molar-refractivity contribution is 7.15. The van der Waals surface area contributed by atoms with Crippen LogP contribution in [-0.4, -0.2) is 45.8 Å². The summed E-state index contributed by atoms with van der Waals surface area (Å²) in [5.74, 6) is 0.469. The summed E-state index contributed by atoms with van der Waals surface area (Å²) < 4.78 is 13.4. The van der Waals surface area contributed by atoms with Gasteiger partial charge in [-0.1, -0.05) is 12.1 Å².